The minimum atomic E-state index is -0.411. The Morgan fingerprint density at radius 3 is 2.39 bits per heavy atom. The molecule has 0 fully saturated rings. The van der Waals surface area contributed by atoms with Crippen LogP contribution >= 0.6 is 28.4 Å². The van der Waals surface area contributed by atoms with E-state index < -0.39 is 6.04 Å². The molecule has 2 amide bonds. The molecule has 2 heterocycles. The maximum absolute atomic E-state index is 12.9. The first-order valence-corrected chi connectivity index (χ1v) is 13.6. The molecule has 0 aliphatic carbocycles. The van der Waals surface area contributed by atoms with Crippen molar-refractivity contribution in [3.05, 3.63) is 76.6 Å². The van der Waals surface area contributed by atoms with Crippen LogP contribution in [0.3, 0.4) is 0 Å². The number of amides is 2. The number of halogens is 1. The summed E-state index contributed by atoms with van der Waals surface area (Å²) in [6.45, 7) is 3.81. The molecule has 1 aliphatic heterocycles. The number of imide groups is 1. The molecular weight excluding hydrogens is 524 g/mol. The number of aromatic nitrogens is 2. The molecule has 156 valence electrons. The van der Waals surface area contributed by atoms with Crippen molar-refractivity contribution in [2.45, 2.75) is 19.9 Å². The second kappa shape index (κ2) is 8.80. The second-order valence-corrected chi connectivity index (χ2v) is 9.18. The Morgan fingerprint density at radius 1 is 1.13 bits per heavy atom. The third kappa shape index (κ3) is 3.74. The normalized spacial score (nSPS) is 14.2. The zero-order chi connectivity index (χ0) is 22.1. The van der Waals surface area contributed by atoms with Gasteiger partial charge >= 0.3 is 0 Å². The topological polar surface area (TPSA) is 99.0 Å². The summed E-state index contributed by atoms with van der Waals surface area (Å²) in [6.07, 6.45) is 3.15. The van der Waals surface area contributed by atoms with Crippen molar-refractivity contribution >= 4 is 52.3 Å². The molecule has 4 rings (SSSR count). The van der Waals surface area contributed by atoms with Gasteiger partial charge in [-0.2, -0.15) is 0 Å². The number of fused-ring (bicyclic) bond motifs is 1. The minimum absolute atomic E-state index is 0.270. The molecule has 2 N–H and O–H groups in total. The molecule has 0 radical (unpaired) electrons. The lowest BCUT2D eigenvalue weighted by molar-refractivity contribution is 0.0595. The minimum Gasteiger partial charge on any atom is -0.343 e. The molecule has 0 spiro atoms. The van der Waals surface area contributed by atoms with Gasteiger partial charge in [0, 0.05) is 18.2 Å². The van der Waals surface area contributed by atoms with Crippen LogP contribution in [0.25, 0.3) is 11.3 Å². The van der Waals surface area contributed by atoms with Crippen molar-refractivity contribution in [3.8, 4) is 11.3 Å². The summed E-state index contributed by atoms with van der Waals surface area (Å²) >= 11 is 2.21. The SMILES string of the molecule is Cc1cc(-c2ncnc(NPI)c2C=N)ccc1C(C)N1C(=O)c2ccccc2C1=O. The maximum atomic E-state index is 12.9. The van der Waals surface area contributed by atoms with Crippen molar-refractivity contribution in [1.82, 2.24) is 14.9 Å². The fourth-order valence-corrected chi connectivity index (χ4v) is 4.95. The van der Waals surface area contributed by atoms with Gasteiger partial charge in [0.05, 0.1) is 28.4 Å². The van der Waals surface area contributed by atoms with E-state index in [0.717, 1.165) is 16.7 Å². The van der Waals surface area contributed by atoms with Crippen molar-refractivity contribution in [2.24, 2.45) is 0 Å². The molecule has 2 unspecified atom stereocenters. The summed E-state index contributed by atoms with van der Waals surface area (Å²) in [5.41, 5.74) is 4.83. The van der Waals surface area contributed by atoms with Crippen LogP contribution in [0.4, 0.5) is 5.82 Å². The van der Waals surface area contributed by atoms with E-state index in [-0.39, 0.29) is 11.8 Å². The first-order chi connectivity index (χ1) is 15.0. The number of hydrogen-bond donors (Lipinski definition) is 2. The van der Waals surface area contributed by atoms with Crippen LogP contribution < -0.4 is 5.09 Å². The number of anilines is 1. The van der Waals surface area contributed by atoms with E-state index in [4.69, 9.17) is 5.41 Å². The summed E-state index contributed by atoms with van der Waals surface area (Å²) in [5, 5.41) is 11.0. The average molecular weight is 543 g/mol. The molecule has 2 atom stereocenters. The standard InChI is InChI=1S/C22H19IN5O2P/c1-12-9-14(19-18(10-24)20(27-31-23)26-11-25-19)7-8-15(12)13(2)28-21(29)16-5-3-4-6-17(16)22(28)30/h3-11,13,24,31H,1-2H3,(H,25,26,27). The molecule has 0 saturated carbocycles. The first-order valence-electron chi connectivity index (χ1n) is 9.53. The number of aryl methyl sites for hydroxylation is 1. The van der Waals surface area contributed by atoms with Gasteiger partial charge in [-0.3, -0.25) is 14.5 Å². The molecular formula is C22H19IN5O2P. The van der Waals surface area contributed by atoms with E-state index in [0.29, 0.717) is 34.6 Å². The Bertz CT molecular complexity index is 1180. The number of carbonyl (C=O) groups excluding carboxylic acids is 2. The quantitative estimate of drug-likeness (QED) is 0.194. The predicted molar refractivity (Wildman–Crippen MR) is 131 cm³/mol. The number of nitrogens with zero attached hydrogens (tertiary/aromatic N) is 3. The summed E-state index contributed by atoms with van der Waals surface area (Å²) in [7, 11) is 0. The van der Waals surface area contributed by atoms with Crippen molar-refractivity contribution < 1.29 is 9.59 Å². The van der Waals surface area contributed by atoms with Gasteiger partial charge in [-0.15, -0.1) is 0 Å². The lowest BCUT2D eigenvalue weighted by atomic mass is 9.96. The summed E-state index contributed by atoms with van der Waals surface area (Å²) < 4.78 is 0. The van der Waals surface area contributed by atoms with Crippen LogP contribution in [0, 0.1) is 12.3 Å². The third-order valence-corrected chi connectivity index (χ3v) is 6.54. The van der Waals surface area contributed by atoms with Gasteiger partial charge in [0.2, 0.25) is 0 Å². The van der Waals surface area contributed by atoms with Gasteiger partial charge in [-0.05, 0) is 65.2 Å². The first kappa shape index (κ1) is 21.5. The molecule has 0 saturated heterocycles. The fraction of sp³-hybridized carbons (Fsp3) is 0.136. The molecule has 0 bridgehead atoms. The second-order valence-electron chi connectivity index (χ2n) is 7.12. The summed E-state index contributed by atoms with van der Waals surface area (Å²) in [5.74, 6) is 0.0801. The van der Waals surface area contributed by atoms with Crippen molar-refractivity contribution in [1.29, 1.82) is 5.41 Å². The number of carbonyl (C=O) groups is 2. The van der Waals surface area contributed by atoms with Crippen LogP contribution in [-0.4, -0.2) is 32.9 Å². The van der Waals surface area contributed by atoms with E-state index in [1.54, 1.807) is 24.3 Å². The number of benzene rings is 2. The lowest BCUT2D eigenvalue weighted by Crippen LogP contribution is -2.32. The zero-order valence-electron chi connectivity index (χ0n) is 16.8. The van der Waals surface area contributed by atoms with Gasteiger partial charge in [-0.1, -0.05) is 24.3 Å². The molecule has 2 aromatic carbocycles. The highest BCUT2D eigenvalue weighted by Crippen LogP contribution is 2.35. The third-order valence-electron chi connectivity index (χ3n) is 5.40. The molecule has 1 aliphatic rings. The molecule has 31 heavy (non-hydrogen) atoms. The van der Waals surface area contributed by atoms with Gasteiger partial charge in [-0.25, -0.2) is 9.97 Å². The van der Waals surface area contributed by atoms with Crippen LogP contribution in [0.2, 0.25) is 0 Å². The highest BCUT2D eigenvalue weighted by Gasteiger charge is 2.38. The molecule has 9 heteroatoms. The van der Waals surface area contributed by atoms with Gasteiger partial charge in [0.25, 0.3) is 11.8 Å². The Labute approximate surface area is 194 Å². The molecule has 7 nitrogen and oxygen atoms in total. The Balaban J connectivity index is 1.70. The van der Waals surface area contributed by atoms with Gasteiger partial charge in [0.1, 0.15) is 12.1 Å². The predicted octanol–water partition coefficient (Wildman–Crippen LogP) is 5.16. The van der Waals surface area contributed by atoms with E-state index in [2.05, 4.69) is 37.1 Å². The van der Waals surface area contributed by atoms with Crippen molar-refractivity contribution in [3.63, 3.8) is 0 Å². The highest BCUT2D eigenvalue weighted by molar-refractivity contribution is 14.2. The van der Waals surface area contributed by atoms with Crippen molar-refractivity contribution in [2.75, 3.05) is 5.09 Å². The summed E-state index contributed by atoms with van der Waals surface area (Å²) in [4.78, 5) is 35.7. The fourth-order valence-electron chi connectivity index (χ4n) is 3.90. The van der Waals surface area contributed by atoms with E-state index in [1.807, 2.05) is 32.0 Å². The number of rotatable bonds is 6. The largest absolute Gasteiger partial charge is 0.343 e. The van der Waals surface area contributed by atoms with Crippen LogP contribution in [-0.2, 0) is 0 Å². The van der Waals surface area contributed by atoms with Crippen LogP contribution in [0.5, 0.6) is 0 Å². The Morgan fingerprint density at radius 2 is 1.81 bits per heavy atom. The smallest absolute Gasteiger partial charge is 0.262 e. The molecule has 3 aromatic rings. The zero-order valence-corrected chi connectivity index (χ0v) is 20.0. The Kier molecular flexibility index (Phi) is 6.11. The van der Waals surface area contributed by atoms with Crippen LogP contribution in [0.15, 0.2) is 48.8 Å². The van der Waals surface area contributed by atoms with E-state index in [1.165, 1.54) is 17.4 Å². The van der Waals surface area contributed by atoms with E-state index in [9.17, 15) is 9.59 Å². The number of hydrogen-bond acceptors (Lipinski definition) is 6. The van der Waals surface area contributed by atoms with E-state index >= 15 is 0 Å². The van der Waals surface area contributed by atoms with Crippen LogP contribution in [0.1, 0.15) is 50.4 Å². The van der Waals surface area contributed by atoms with Gasteiger partial charge in [0.15, 0.2) is 0 Å². The monoisotopic (exact) mass is 543 g/mol. The number of nitrogens with one attached hydrogen (secondary N) is 2. The maximum Gasteiger partial charge on any atom is 0.262 e. The molecule has 1 aromatic heterocycles. The highest BCUT2D eigenvalue weighted by atomic mass is 127. The lowest BCUT2D eigenvalue weighted by Gasteiger charge is -2.24. The summed E-state index contributed by atoms with van der Waals surface area (Å²) in [6, 6.07) is 12.3. The Hall–Kier alpha value is -2.71. The average Bonchev–Trinajstić information content (AvgIpc) is 3.03. The van der Waals surface area contributed by atoms with Gasteiger partial charge < -0.3 is 10.5 Å².